The predicted molar refractivity (Wildman–Crippen MR) is 50.4 cm³/mol. The zero-order valence-corrected chi connectivity index (χ0v) is 8.30. The molecule has 0 unspecified atom stereocenters. The van der Waals surface area contributed by atoms with Crippen LogP contribution in [0.25, 0.3) is 0 Å². The summed E-state index contributed by atoms with van der Waals surface area (Å²) < 4.78 is 4.20. The average Bonchev–Trinajstić information content (AvgIpc) is 2.55. The van der Waals surface area contributed by atoms with Crippen LogP contribution in [0.4, 0.5) is 4.79 Å². The molecule has 1 aromatic carbocycles. The van der Waals surface area contributed by atoms with Crippen LogP contribution >= 0.6 is 0 Å². The number of fused-ring (bicyclic) bond motifs is 1. The molecule has 0 saturated carbocycles. The number of hydrogen-bond donors (Lipinski definition) is 0. The van der Waals surface area contributed by atoms with Gasteiger partial charge >= 0.3 is 6.16 Å². The number of carbonyl (C=O) groups is 3. The highest BCUT2D eigenvalue weighted by atomic mass is 16.8. The molecular formula is C10H7NO5. The monoisotopic (exact) mass is 221 g/mol. The van der Waals surface area contributed by atoms with Gasteiger partial charge in [-0.2, -0.15) is 0 Å². The molecule has 0 spiro atoms. The molecule has 0 radical (unpaired) electrons. The second kappa shape index (κ2) is 3.65. The van der Waals surface area contributed by atoms with E-state index >= 15 is 0 Å². The SMILES string of the molecule is COC(=O)ON1C(=O)c2ccccc2C1=O. The normalized spacial score (nSPS) is 13.7. The lowest BCUT2D eigenvalue weighted by Gasteiger charge is -2.10. The van der Waals surface area contributed by atoms with Crippen molar-refractivity contribution in [3.63, 3.8) is 0 Å². The van der Waals surface area contributed by atoms with E-state index in [2.05, 4.69) is 9.57 Å². The Morgan fingerprint density at radius 2 is 1.62 bits per heavy atom. The van der Waals surface area contributed by atoms with E-state index < -0.39 is 18.0 Å². The second-order valence-electron chi connectivity index (χ2n) is 3.00. The van der Waals surface area contributed by atoms with Crippen molar-refractivity contribution in [2.45, 2.75) is 0 Å². The zero-order valence-electron chi connectivity index (χ0n) is 8.30. The Morgan fingerprint density at radius 1 is 1.12 bits per heavy atom. The fraction of sp³-hybridized carbons (Fsp3) is 0.100. The van der Waals surface area contributed by atoms with Gasteiger partial charge in [-0.25, -0.2) is 4.79 Å². The van der Waals surface area contributed by atoms with Gasteiger partial charge in [-0.1, -0.05) is 17.2 Å². The van der Waals surface area contributed by atoms with Gasteiger partial charge in [0.25, 0.3) is 11.8 Å². The second-order valence-corrected chi connectivity index (χ2v) is 3.00. The van der Waals surface area contributed by atoms with Crippen molar-refractivity contribution >= 4 is 18.0 Å². The van der Waals surface area contributed by atoms with Gasteiger partial charge in [0.15, 0.2) is 0 Å². The first kappa shape index (κ1) is 10.2. The first-order chi connectivity index (χ1) is 7.65. The molecule has 6 nitrogen and oxygen atoms in total. The van der Waals surface area contributed by atoms with Gasteiger partial charge < -0.3 is 4.74 Å². The van der Waals surface area contributed by atoms with Crippen LogP contribution in [0.2, 0.25) is 0 Å². The number of hydroxylamine groups is 2. The van der Waals surface area contributed by atoms with E-state index in [1.54, 1.807) is 12.1 Å². The molecule has 0 aliphatic carbocycles. The molecule has 82 valence electrons. The number of ether oxygens (including phenoxy) is 1. The third kappa shape index (κ3) is 1.40. The molecule has 0 aromatic heterocycles. The molecule has 1 aromatic rings. The lowest BCUT2D eigenvalue weighted by Crippen LogP contribution is -2.32. The molecule has 16 heavy (non-hydrogen) atoms. The first-order valence-electron chi connectivity index (χ1n) is 4.39. The summed E-state index contributed by atoms with van der Waals surface area (Å²) in [6, 6.07) is 6.20. The summed E-state index contributed by atoms with van der Waals surface area (Å²) >= 11 is 0. The summed E-state index contributed by atoms with van der Waals surface area (Å²) in [5.41, 5.74) is 0.410. The molecule has 0 fully saturated rings. The van der Waals surface area contributed by atoms with E-state index in [0.29, 0.717) is 5.06 Å². The fourth-order valence-electron chi connectivity index (χ4n) is 1.36. The Labute approximate surface area is 90.3 Å². The lowest BCUT2D eigenvalue weighted by atomic mass is 10.1. The Balaban J connectivity index is 2.32. The summed E-state index contributed by atoms with van der Waals surface area (Å²) in [6.45, 7) is 0. The first-order valence-corrected chi connectivity index (χ1v) is 4.39. The topological polar surface area (TPSA) is 72.9 Å². The van der Waals surface area contributed by atoms with Crippen LogP contribution in [0, 0.1) is 0 Å². The summed E-state index contributed by atoms with van der Waals surface area (Å²) in [7, 11) is 1.08. The molecule has 1 aliphatic rings. The van der Waals surface area contributed by atoms with Crippen LogP contribution in [0.15, 0.2) is 24.3 Å². The maximum Gasteiger partial charge on any atom is 0.533 e. The van der Waals surface area contributed by atoms with Gasteiger partial charge in [-0.05, 0) is 12.1 Å². The van der Waals surface area contributed by atoms with Crippen molar-refractivity contribution < 1.29 is 24.0 Å². The van der Waals surface area contributed by atoms with E-state index in [1.807, 2.05) is 0 Å². The van der Waals surface area contributed by atoms with Crippen molar-refractivity contribution in [3.8, 4) is 0 Å². The molecule has 1 heterocycles. The van der Waals surface area contributed by atoms with Gasteiger partial charge in [-0.3, -0.25) is 14.4 Å². The Hall–Kier alpha value is -2.37. The number of benzene rings is 1. The summed E-state index contributed by atoms with van der Waals surface area (Å²) in [5.74, 6) is -1.35. The summed E-state index contributed by atoms with van der Waals surface area (Å²) in [4.78, 5) is 38.5. The van der Waals surface area contributed by atoms with Crippen LogP contribution in [0.5, 0.6) is 0 Å². The van der Waals surface area contributed by atoms with Gasteiger partial charge in [0, 0.05) is 0 Å². The predicted octanol–water partition coefficient (Wildman–Crippen LogP) is 0.981. The van der Waals surface area contributed by atoms with Crippen molar-refractivity contribution in [2.75, 3.05) is 7.11 Å². The molecule has 0 N–H and O–H groups in total. The molecule has 0 bridgehead atoms. The summed E-state index contributed by atoms with van der Waals surface area (Å²) in [6.07, 6.45) is -1.12. The Kier molecular flexibility index (Phi) is 2.32. The number of methoxy groups -OCH3 is 1. The Bertz CT molecular complexity index is 447. The number of imide groups is 1. The molecule has 6 heteroatoms. The highest BCUT2D eigenvalue weighted by Crippen LogP contribution is 2.22. The van der Waals surface area contributed by atoms with Gasteiger partial charge in [0.05, 0.1) is 18.2 Å². The van der Waals surface area contributed by atoms with Gasteiger partial charge in [-0.15, -0.1) is 0 Å². The average molecular weight is 221 g/mol. The van der Waals surface area contributed by atoms with Crippen molar-refractivity contribution in [1.82, 2.24) is 5.06 Å². The minimum atomic E-state index is -1.12. The summed E-state index contributed by atoms with van der Waals surface area (Å²) in [5, 5.41) is 0.385. The molecule has 0 atom stereocenters. The van der Waals surface area contributed by atoms with E-state index in [1.165, 1.54) is 12.1 Å². The molecule has 0 saturated heterocycles. The third-order valence-corrected chi connectivity index (χ3v) is 2.09. The maximum absolute atomic E-state index is 11.6. The number of hydrogen-bond acceptors (Lipinski definition) is 5. The fourth-order valence-corrected chi connectivity index (χ4v) is 1.36. The number of nitrogens with zero attached hydrogens (tertiary/aromatic N) is 1. The largest absolute Gasteiger partial charge is 0.533 e. The number of rotatable bonds is 1. The molecule has 1 aliphatic heterocycles. The minimum absolute atomic E-state index is 0.205. The number of carbonyl (C=O) groups excluding carboxylic acids is 3. The highest BCUT2D eigenvalue weighted by Gasteiger charge is 2.38. The molecule has 2 amide bonds. The molecular weight excluding hydrogens is 214 g/mol. The van der Waals surface area contributed by atoms with Crippen molar-refractivity contribution in [1.29, 1.82) is 0 Å². The Morgan fingerprint density at radius 3 is 2.06 bits per heavy atom. The molecule has 2 rings (SSSR count). The van der Waals surface area contributed by atoms with Crippen LogP contribution < -0.4 is 0 Å². The van der Waals surface area contributed by atoms with Crippen LogP contribution in [0.3, 0.4) is 0 Å². The van der Waals surface area contributed by atoms with Crippen LogP contribution in [0.1, 0.15) is 20.7 Å². The lowest BCUT2D eigenvalue weighted by molar-refractivity contribution is -0.0690. The quantitative estimate of drug-likeness (QED) is 0.522. The van der Waals surface area contributed by atoms with E-state index in [4.69, 9.17) is 0 Å². The zero-order chi connectivity index (χ0) is 11.7. The smallest absolute Gasteiger partial charge is 0.436 e. The van der Waals surface area contributed by atoms with Crippen LogP contribution in [-0.4, -0.2) is 30.1 Å². The van der Waals surface area contributed by atoms with Gasteiger partial charge in [0.1, 0.15) is 0 Å². The standard InChI is InChI=1S/C10H7NO5/c1-15-10(14)16-11-8(12)6-4-2-3-5-7(6)9(11)13/h2-5H,1H3. The van der Waals surface area contributed by atoms with Crippen molar-refractivity contribution in [2.24, 2.45) is 0 Å². The van der Waals surface area contributed by atoms with E-state index in [0.717, 1.165) is 7.11 Å². The minimum Gasteiger partial charge on any atom is -0.436 e. The maximum atomic E-state index is 11.6. The van der Waals surface area contributed by atoms with E-state index in [9.17, 15) is 14.4 Å². The highest BCUT2D eigenvalue weighted by molar-refractivity contribution is 6.20. The van der Waals surface area contributed by atoms with Crippen LogP contribution in [-0.2, 0) is 9.57 Å². The number of amides is 2. The third-order valence-electron chi connectivity index (χ3n) is 2.09. The van der Waals surface area contributed by atoms with Crippen molar-refractivity contribution in [3.05, 3.63) is 35.4 Å². The van der Waals surface area contributed by atoms with E-state index in [-0.39, 0.29) is 11.1 Å². The van der Waals surface area contributed by atoms with Gasteiger partial charge in [0.2, 0.25) is 0 Å².